The second-order valence-electron chi connectivity index (χ2n) is 4.61. The van der Waals surface area contributed by atoms with Crippen LogP contribution in [0.5, 0.6) is 0 Å². The van der Waals surface area contributed by atoms with Crippen molar-refractivity contribution in [3.63, 3.8) is 0 Å². The zero-order valence-electron chi connectivity index (χ0n) is 12.0. The fraction of sp³-hybridized carbons (Fsp3) is 0.467. The van der Waals surface area contributed by atoms with Gasteiger partial charge in [0.2, 0.25) is 0 Å². The van der Waals surface area contributed by atoms with E-state index in [1.165, 1.54) is 6.92 Å². The first-order valence-electron chi connectivity index (χ1n) is 6.56. The summed E-state index contributed by atoms with van der Waals surface area (Å²) in [5.74, 6) is -1.47. The largest absolute Gasteiger partial charge is 0.479 e. The first-order chi connectivity index (χ1) is 9.43. The van der Waals surface area contributed by atoms with Gasteiger partial charge in [-0.25, -0.2) is 9.59 Å². The molecule has 0 saturated carbocycles. The van der Waals surface area contributed by atoms with E-state index in [0.29, 0.717) is 12.0 Å². The molecule has 0 bridgehead atoms. The van der Waals surface area contributed by atoms with Crippen molar-refractivity contribution in [2.24, 2.45) is 0 Å². The highest BCUT2D eigenvalue weighted by Crippen LogP contribution is 2.08. The van der Waals surface area contributed by atoms with Crippen LogP contribution in [0.4, 0.5) is 0 Å². The summed E-state index contributed by atoms with van der Waals surface area (Å²) in [6, 6.07) is 7.05. The summed E-state index contributed by atoms with van der Waals surface area (Å²) in [5.41, 5.74) is 1.53. The van der Waals surface area contributed by atoms with Crippen LogP contribution in [0.15, 0.2) is 24.3 Å². The molecule has 0 saturated heterocycles. The lowest BCUT2D eigenvalue weighted by molar-refractivity contribution is -0.154. The van der Waals surface area contributed by atoms with Crippen molar-refractivity contribution < 1.29 is 24.2 Å². The number of carbonyl (C=O) groups is 2. The molecule has 5 nitrogen and oxygen atoms in total. The molecule has 5 heteroatoms. The van der Waals surface area contributed by atoms with E-state index in [0.717, 1.165) is 5.56 Å². The van der Waals surface area contributed by atoms with Crippen LogP contribution >= 0.6 is 0 Å². The molecule has 2 atom stereocenters. The number of aryl methyl sites for hydroxylation is 1. The van der Waals surface area contributed by atoms with Crippen LogP contribution in [-0.2, 0) is 14.3 Å². The summed E-state index contributed by atoms with van der Waals surface area (Å²) in [6.45, 7) is 5.27. The van der Waals surface area contributed by atoms with Gasteiger partial charge in [-0.1, -0.05) is 24.6 Å². The third-order valence-corrected chi connectivity index (χ3v) is 2.89. The molecule has 1 aromatic rings. The number of aliphatic carboxylic acids is 1. The number of esters is 1. The molecular weight excluding hydrogens is 260 g/mol. The van der Waals surface area contributed by atoms with Crippen LogP contribution in [0.25, 0.3) is 0 Å². The molecule has 0 spiro atoms. The van der Waals surface area contributed by atoms with Gasteiger partial charge in [-0.2, -0.15) is 0 Å². The van der Waals surface area contributed by atoms with E-state index < -0.39 is 24.1 Å². The van der Waals surface area contributed by atoms with Crippen molar-refractivity contribution in [2.75, 3.05) is 6.61 Å². The maximum absolute atomic E-state index is 11.8. The molecule has 1 rings (SSSR count). The summed E-state index contributed by atoms with van der Waals surface area (Å²) in [7, 11) is 0. The van der Waals surface area contributed by atoms with Crippen LogP contribution < -0.4 is 0 Å². The number of carbonyl (C=O) groups excluding carboxylic acids is 1. The average molecular weight is 280 g/mol. The Kier molecular flexibility index (Phi) is 6.18. The van der Waals surface area contributed by atoms with E-state index in [1.807, 2.05) is 26.0 Å². The predicted molar refractivity (Wildman–Crippen MR) is 73.7 cm³/mol. The van der Waals surface area contributed by atoms with E-state index in [-0.39, 0.29) is 6.61 Å². The van der Waals surface area contributed by atoms with Gasteiger partial charge in [-0.3, -0.25) is 0 Å². The molecule has 0 aliphatic rings. The Morgan fingerprint density at radius 2 is 1.85 bits per heavy atom. The van der Waals surface area contributed by atoms with E-state index >= 15 is 0 Å². The molecule has 0 amide bonds. The summed E-state index contributed by atoms with van der Waals surface area (Å²) < 4.78 is 10.4. The van der Waals surface area contributed by atoms with Gasteiger partial charge in [-0.05, 0) is 32.4 Å². The maximum atomic E-state index is 11.8. The zero-order chi connectivity index (χ0) is 15.1. The van der Waals surface area contributed by atoms with E-state index in [1.54, 1.807) is 12.1 Å². The van der Waals surface area contributed by atoms with E-state index in [4.69, 9.17) is 14.6 Å². The molecule has 0 aromatic heterocycles. The molecule has 0 heterocycles. The van der Waals surface area contributed by atoms with Crippen LogP contribution in [0.3, 0.4) is 0 Å². The number of ether oxygens (including phenoxy) is 2. The van der Waals surface area contributed by atoms with Gasteiger partial charge in [0.25, 0.3) is 0 Å². The minimum Gasteiger partial charge on any atom is -0.479 e. The first-order valence-corrected chi connectivity index (χ1v) is 6.56. The number of rotatable bonds is 7. The van der Waals surface area contributed by atoms with Gasteiger partial charge in [0.05, 0.1) is 11.7 Å². The average Bonchev–Trinajstić information content (AvgIpc) is 2.43. The van der Waals surface area contributed by atoms with Crippen molar-refractivity contribution in [3.8, 4) is 0 Å². The minimum absolute atomic E-state index is 0.0425. The molecular formula is C15H20O5. The van der Waals surface area contributed by atoms with Crippen LogP contribution in [0.1, 0.15) is 36.2 Å². The van der Waals surface area contributed by atoms with Crippen molar-refractivity contribution in [2.45, 2.75) is 39.4 Å². The molecule has 0 unspecified atom stereocenters. The normalized spacial score (nSPS) is 13.6. The minimum atomic E-state index is -1.03. The van der Waals surface area contributed by atoms with Crippen LogP contribution in [-0.4, -0.2) is 35.9 Å². The zero-order valence-corrected chi connectivity index (χ0v) is 12.0. The first kappa shape index (κ1) is 16.2. The number of carboxylic acids is 1. The lowest BCUT2D eigenvalue weighted by Crippen LogP contribution is -2.30. The van der Waals surface area contributed by atoms with Crippen molar-refractivity contribution in [3.05, 3.63) is 35.4 Å². The van der Waals surface area contributed by atoms with Gasteiger partial charge in [0, 0.05) is 0 Å². The Morgan fingerprint density at radius 3 is 2.35 bits per heavy atom. The van der Waals surface area contributed by atoms with Gasteiger partial charge in [0.15, 0.2) is 6.10 Å². The number of carboxylic acid groups (broad SMARTS) is 1. The van der Waals surface area contributed by atoms with E-state index in [2.05, 4.69) is 0 Å². The monoisotopic (exact) mass is 280 g/mol. The Bertz CT molecular complexity index is 452. The molecule has 0 aliphatic heterocycles. The van der Waals surface area contributed by atoms with Gasteiger partial charge in [-0.15, -0.1) is 0 Å². The molecule has 0 fully saturated rings. The van der Waals surface area contributed by atoms with Gasteiger partial charge < -0.3 is 14.6 Å². The number of benzene rings is 1. The van der Waals surface area contributed by atoms with Gasteiger partial charge in [0.1, 0.15) is 6.61 Å². The molecule has 20 heavy (non-hydrogen) atoms. The number of hydrogen-bond acceptors (Lipinski definition) is 4. The summed E-state index contributed by atoms with van der Waals surface area (Å²) >= 11 is 0. The lowest BCUT2D eigenvalue weighted by Gasteiger charge is -2.18. The van der Waals surface area contributed by atoms with Crippen molar-refractivity contribution >= 4 is 11.9 Å². The Balaban J connectivity index is 2.49. The van der Waals surface area contributed by atoms with Crippen LogP contribution in [0, 0.1) is 6.92 Å². The lowest BCUT2D eigenvalue weighted by atomic mass is 10.1. The Morgan fingerprint density at radius 1 is 1.25 bits per heavy atom. The standard InChI is InChI=1S/C15H20O5/c1-4-13(20-11(3)14(16)17)9-19-15(18)12-7-5-10(2)6-8-12/h5-8,11,13H,4,9H2,1-3H3,(H,16,17)/t11-,13+/m1/s1. The smallest absolute Gasteiger partial charge is 0.338 e. The maximum Gasteiger partial charge on any atom is 0.338 e. The summed E-state index contributed by atoms with van der Waals surface area (Å²) in [6.07, 6.45) is -0.771. The predicted octanol–water partition coefficient (Wildman–Crippen LogP) is 2.42. The molecule has 0 aliphatic carbocycles. The van der Waals surface area contributed by atoms with E-state index in [9.17, 15) is 9.59 Å². The Labute approximate surface area is 118 Å². The molecule has 110 valence electrons. The summed E-state index contributed by atoms with van der Waals surface area (Å²) in [4.78, 5) is 22.5. The second-order valence-corrected chi connectivity index (χ2v) is 4.61. The highest BCUT2D eigenvalue weighted by molar-refractivity contribution is 5.89. The van der Waals surface area contributed by atoms with Gasteiger partial charge >= 0.3 is 11.9 Å². The highest BCUT2D eigenvalue weighted by atomic mass is 16.6. The highest BCUT2D eigenvalue weighted by Gasteiger charge is 2.19. The van der Waals surface area contributed by atoms with Crippen LogP contribution in [0.2, 0.25) is 0 Å². The fourth-order valence-corrected chi connectivity index (χ4v) is 1.54. The third-order valence-electron chi connectivity index (χ3n) is 2.89. The summed E-state index contributed by atoms with van der Waals surface area (Å²) in [5, 5.41) is 8.78. The molecule has 0 radical (unpaired) electrons. The fourth-order valence-electron chi connectivity index (χ4n) is 1.54. The number of hydrogen-bond donors (Lipinski definition) is 1. The van der Waals surface area contributed by atoms with Crippen molar-refractivity contribution in [1.82, 2.24) is 0 Å². The topological polar surface area (TPSA) is 72.8 Å². The third kappa shape index (κ3) is 5.01. The van der Waals surface area contributed by atoms with Crippen molar-refractivity contribution in [1.29, 1.82) is 0 Å². The SMILES string of the molecule is CC[C@@H](COC(=O)c1ccc(C)cc1)O[C@H](C)C(=O)O. The molecule has 1 N–H and O–H groups in total. The second kappa shape index (κ2) is 7.65. The molecule has 1 aromatic carbocycles. The quantitative estimate of drug-likeness (QED) is 0.776. The Hall–Kier alpha value is -1.88.